The van der Waals surface area contributed by atoms with Gasteiger partial charge < -0.3 is 9.64 Å². The normalized spacial score (nSPS) is 23.2. The molecule has 1 aromatic rings. The van der Waals surface area contributed by atoms with Crippen molar-refractivity contribution < 1.29 is 17.9 Å². The van der Waals surface area contributed by atoms with Crippen LogP contribution in [0.25, 0.3) is 0 Å². The number of fused-ring (bicyclic) bond motifs is 1. The highest BCUT2D eigenvalue weighted by Gasteiger charge is 2.50. The number of hydrogen-bond donors (Lipinski definition) is 0. The van der Waals surface area contributed by atoms with Crippen LogP contribution in [-0.2, 0) is 32.2 Å². The Kier molecular flexibility index (Phi) is 5.03. The first-order valence-corrected chi connectivity index (χ1v) is 11.7. The van der Waals surface area contributed by atoms with Crippen molar-refractivity contribution in [1.82, 2.24) is 9.80 Å². The Labute approximate surface area is 161 Å². The number of ether oxygens (including phenoxy) is 1. The quantitative estimate of drug-likeness (QED) is 0.775. The van der Waals surface area contributed by atoms with Gasteiger partial charge >= 0.3 is 0 Å². The Morgan fingerprint density at radius 1 is 1.04 bits per heavy atom. The molecule has 1 saturated heterocycles. The van der Waals surface area contributed by atoms with E-state index in [2.05, 4.69) is 4.90 Å². The molecule has 4 rings (SSSR count). The van der Waals surface area contributed by atoms with Crippen LogP contribution in [0.5, 0.6) is 0 Å². The molecule has 2 aliphatic heterocycles. The molecule has 1 amide bonds. The number of sulfone groups is 1. The Morgan fingerprint density at radius 2 is 1.70 bits per heavy atom. The number of rotatable bonds is 3. The van der Waals surface area contributed by atoms with Gasteiger partial charge in [0, 0.05) is 32.4 Å². The van der Waals surface area contributed by atoms with Crippen molar-refractivity contribution in [3.63, 3.8) is 0 Å². The van der Waals surface area contributed by atoms with Crippen LogP contribution < -0.4 is 0 Å². The summed E-state index contributed by atoms with van der Waals surface area (Å²) in [6.07, 6.45) is 5.72. The van der Waals surface area contributed by atoms with Gasteiger partial charge in [0.25, 0.3) is 0 Å². The Morgan fingerprint density at radius 3 is 2.30 bits per heavy atom. The number of amides is 1. The van der Waals surface area contributed by atoms with Crippen molar-refractivity contribution in [1.29, 1.82) is 0 Å². The third-order valence-electron chi connectivity index (χ3n) is 6.39. The largest absolute Gasteiger partial charge is 0.379 e. The molecule has 2 heterocycles. The molecule has 1 saturated carbocycles. The van der Waals surface area contributed by atoms with Crippen molar-refractivity contribution in [2.75, 3.05) is 45.6 Å². The number of hydrogen-bond acceptors (Lipinski definition) is 5. The summed E-state index contributed by atoms with van der Waals surface area (Å²) >= 11 is 0. The lowest BCUT2D eigenvalue weighted by atomic mass is 9.73. The molecule has 0 radical (unpaired) electrons. The number of morpholine rings is 1. The van der Waals surface area contributed by atoms with E-state index in [1.807, 2.05) is 11.0 Å². The average molecular weight is 393 g/mol. The van der Waals surface area contributed by atoms with E-state index in [1.165, 1.54) is 6.26 Å². The van der Waals surface area contributed by atoms with Gasteiger partial charge in [-0.3, -0.25) is 9.69 Å². The molecule has 0 bridgehead atoms. The van der Waals surface area contributed by atoms with Gasteiger partial charge in [0.1, 0.15) is 5.54 Å². The molecule has 0 unspecified atom stereocenters. The fourth-order valence-corrected chi connectivity index (χ4v) is 5.27. The maximum atomic E-state index is 13.5. The summed E-state index contributed by atoms with van der Waals surface area (Å²) < 4.78 is 29.2. The topological polar surface area (TPSA) is 66.9 Å². The van der Waals surface area contributed by atoms with Crippen molar-refractivity contribution in [2.45, 2.75) is 42.5 Å². The van der Waals surface area contributed by atoms with Crippen LogP contribution in [0.4, 0.5) is 0 Å². The molecule has 3 aliphatic rings. The van der Waals surface area contributed by atoms with Crippen molar-refractivity contribution >= 4 is 15.7 Å². The molecule has 1 aromatic carbocycles. The van der Waals surface area contributed by atoms with Gasteiger partial charge in [0.2, 0.25) is 5.91 Å². The van der Waals surface area contributed by atoms with Crippen molar-refractivity contribution in [3.05, 3.63) is 29.3 Å². The number of benzene rings is 1. The zero-order chi connectivity index (χ0) is 19.1. The molecule has 1 aliphatic carbocycles. The molecule has 0 N–H and O–H groups in total. The first-order valence-electron chi connectivity index (χ1n) is 9.84. The zero-order valence-electron chi connectivity index (χ0n) is 15.9. The van der Waals surface area contributed by atoms with Gasteiger partial charge in [0.05, 0.1) is 18.1 Å². The minimum absolute atomic E-state index is 0.256. The molecule has 2 fully saturated rings. The molecular formula is C20H28N2O4S. The number of carbonyl (C=O) groups is 1. The second kappa shape index (κ2) is 7.18. The maximum absolute atomic E-state index is 13.5. The van der Waals surface area contributed by atoms with Gasteiger partial charge in [-0.2, -0.15) is 0 Å². The number of nitrogens with zero attached hydrogens (tertiary/aromatic N) is 2. The maximum Gasteiger partial charge on any atom is 0.243 e. The summed E-state index contributed by atoms with van der Waals surface area (Å²) in [7, 11) is -3.21. The molecule has 148 valence electrons. The van der Waals surface area contributed by atoms with Crippen LogP contribution >= 0.6 is 0 Å². The van der Waals surface area contributed by atoms with Crippen LogP contribution in [0.1, 0.15) is 30.4 Å². The van der Waals surface area contributed by atoms with E-state index in [0.717, 1.165) is 49.9 Å². The smallest absolute Gasteiger partial charge is 0.243 e. The molecular weight excluding hydrogens is 364 g/mol. The van der Waals surface area contributed by atoms with E-state index < -0.39 is 9.84 Å². The van der Waals surface area contributed by atoms with Crippen LogP contribution in [0.2, 0.25) is 0 Å². The molecule has 7 heteroatoms. The summed E-state index contributed by atoms with van der Waals surface area (Å²) in [4.78, 5) is 18.2. The third kappa shape index (κ3) is 3.52. The SMILES string of the molecule is CS(=O)(=O)c1ccc2c(c1)CCN(C(=O)C1(N3CCOCC3)CCC1)CC2. The summed E-state index contributed by atoms with van der Waals surface area (Å²) in [6, 6.07) is 5.40. The van der Waals surface area contributed by atoms with Crippen LogP contribution in [0, 0.1) is 0 Å². The second-order valence-corrected chi connectivity index (χ2v) is 10.00. The van der Waals surface area contributed by atoms with Gasteiger partial charge in [-0.25, -0.2) is 8.42 Å². The highest BCUT2D eigenvalue weighted by Crippen LogP contribution is 2.40. The minimum Gasteiger partial charge on any atom is -0.379 e. The van der Waals surface area contributed by atoms with Gasteiger partial charge in [0.15, 0.2) is 9.84 Å². The molecule has 6 nitrogen and oxygen atoms in total. The first-order chi connectivity index (χ1) is 12.9. The average Bonchev–Trinajstić information content (AvgIpc) is 2.83. The highest BCUT2D eigenvalue weighted by molar-refractivity contribution is 7.90. The first kappa shape index (κ1) is 18.9. The summed E-state index contributed by atoms with van der Waals surface area (Å²) in [5.74, 6) is 0.256. The Bertz CT molecular complexity index is 826. The summed E-state index contributed by atoms with van der Waals surface area (Å²) in [5.41, 5.74) is 1.88. The lowest BCUT2D eigenvalue weighted by molar-refractivity contribution is -0.155. The van der Waals surface area contributed by atoms with Crippen LogP contribution in [0.3, 0.4) is 0 Å². The lowest BCUT2D eigenvalue weighted by Crippen LogP contribution is -2.65. The molecule has 27 heavy (non-hydrogen) atoms. The van der Waals surface area contributed by atoms with Gasteiger partial charge in [-0.1, -0.05) is 6.07 Å². The highest BCUT2D eigenvalue weighted by atomic mass is 32.2. The van der Waals surface area contributed by atoms with E-state index >= 15 is 0 Å². The van der Waals surface area contributed by atoms with Crippen molar-refractivity contribution in [2.24, 2.45) is 0 Å². The lowest BCUT2D eigenvalue weighted by Gasteiger charge is -2.51. The fourth-order valence-electron chi connectivity index (χ4n) is 4.60. The monoisotopic (exact) mass is 392 g/mol. The van der Waals surface area contributed by atoms with Gasteiger partial charge in [-0.15, -0.1) is 0 Å². The summed E-state index contributed by atoms with van der Waals surface area (Å²) in [6.45, 7) is 4.43. The molecule has 0 spiro atoms. The second-order valence-electron chi connectivity index (χ2n) is 7.98. The van der Waals surface area contributed by atoms with Crippen LogP contribution in [-0.4, -0.2) is 75.3 Å². The fraction of sp³-hybridized carbons (Fsp3) is 0.650. The Balaban J connectivity index is 1.51. The van der Waals surface area contributed by atoms with Crippen molar-refractivity contribution in [3.8, 4) is 0 Å². The predicted molar refractivity (Wildman–Crippen MR) is 103 cm³/mol. The van der Waals surface area contributed by atoms with E-state index in [4.69, 9.17) is 4.74 Å². The van der Waals surface area contributed by atoms with E-state index in [9.17, 15) is 13.2 Å². The standard InChI is InChI=1S/C20H28N2O4S/c1-27(24,25)18-4-3-16-5-9-21(10-6-17(16)15-18)19(23)20(7-2-8-20)22-11-13-26-14-12-22/h3-4,15H,2,5-14H2,1H3. The van der Waals surface area contributed by atoms with E-state index in [-0.39, 0.29) is 11.4 Å². The van der Waals surface area contributed by atoms with Crippen LogP contribution in [0.15, 0.2) is 23.1 Å². The summed E-state index contributed by atoms with van der Waals surface area (Å²) in [5, 5.41) is 0. The Hall–Kier alpha value is -1.44. The zero-order valence-corrected chi connectivity index (χ0v) is 16.8. The number of carbonyl (C=O) groups excluding carboxylic acids is 1. The van der Waals surface area contributed by atoms with E-state index in [1.54, 1.807) is 12.1 Å². The predicted octanol–water partition coefficient (Wildman–Crippen LogP) is 1.27. The van der Waals surface area contributed by atoms with Gasteiger partial charge in [-0.05, 0) is 55.4 Å². The third-order valence-corrected chi connectivity index (χ3v) is 7.50. The molecule has 0 atom stereocenters. The van der Waals surface area contributed by atoms with E-state index in [0.29, 0.717) is 37.6 Å². The minimum atomic E-state index is -3.21. The molecule has 0 aromatic heterocycles.